The third-order valence-electron chi connectivity index (χ3n) is 8.70. The van der Waals surface area contributed by atoms with E-state index in [2.05, 4.69) is 74.3 Å². The van der Waals surface area contributed by atoms with Crippen molar-refractivity contribution in [2.75, 3.05) is 19.6 Å². The molecule has 1 unspecified atom stereocenters. The van der Waals surface area contributed by atoms with Gasteiger partial charge in [-0.2, -0.15) is 0 Å². The van der Waals surface area contributed by atoms with Crippen molar-refractivity contribution < 1.29 is 9.59 Å². The number of para-hydroxylation sites is 1. The van der Waals surface area contributed by atoms with Crippen LogP contribution >= 0.6 is 15.9 Å². The van der Waals surface area contributed by atoms with E-state index < -0.39 is 6.04 Å². The fourth-order valence-electron chi connectivity index (χ4n) is 6.85. The molecule has 2 saturated heterocycles. The minimum atomic E-state index is -0.496. The number of benzene rings is 3. The highest BCUT2D eigenvalue weighted by molar-refractivity contribution is 9.10. The molecule has 4 heterocycles. The van der Waals surface area contributed by atoms with Gasteiger partial charge in [0.25, 0.3) is 0 Å². The summed E-state index contributed by atoms with van der Waals surface area (Å²) in [7, 11) is 0. The Hall–Kier alpha value is -3.42. The molecule has 0 radical (unpaired) electrons. The van der Waals surface area contributed by atoms with Crippen LogP contribution in [-0.4, -0.2) is 63.2 Å². The number of amides is 2. The second-order valence-corrected chi connectivity index (χ2v) is 11.9. The molecule has 0 bridgehead atoms. The Morgan fingerprint density at radius 3 is 2.46 bits per heavy atom. The maximum Gasteiger partial charge on any atom is 0.246 e. The zero-order valence-corrected chi connectivity index (χ0v) is 23.3. The molecule has 6 nitrogen and oxygen atoms in total. The van der Waals surface area contributed by atoms with Gasteiger partial charge in [-0.15, -0.1) is 0 Å². The molecule has 3 aromatic carbocycles. The number of hydrogen-bond acceptors (Lipinski definition) is 3. The average Bonchev–Trinajstić information content (AvgIpc) is 3.33. The molecule has 2 atom stereocenters. The van der Waals surface area contributed by atoms with Crippen molar-refractivity contribution in [3.05, 3.63) is 106 Å². The highest BCUT2D eigenvalue weighted by Gasteiger charge is 2.49. The van der Waals surface area contributed by atoms with Crippen molar-refractivity contribution in [2.24, 2.45) is 0 Å². The molecule has 0 aliphatic carbocycles. The monoisotopic (exact) mass is 582 g/mol. The summed E-state index contributed by atoms with van der Waals surface area (Å²) in [4.78, 5) is 37.9. The summed E-state index contributed by atoms with van der Waals surface area (Å²) in [6.45, 7) is 2.94. The van der Waals surface area contributed by atoms with Gasteiger partial charge in [-0.25, -0.2) is 0 Å². The van der Waals surface area contributed by atoms with E-state index in [1.165, 1.54) is 5.56 Å². The maximum atomic E-state index is 14.2. The summed E-state index contributed by atoms with van der Waals surface area (Å²) in [6.07, 6.45) is 2.33. The molecule has 0 saturated carbocycles. The van der Waals surface area contributed by atoms with E-state index >= 15 is 0 Å². The molecule has 1 N–H and O–H groups in total. The highest BCUT2D eigenvalue weighted by atomic mass is 79.9. The van der Waals surface area contributed by atoms with E-state index in [4.69, 9.17) is 0 Å². The van der Waals surface area contributed by atoms with Crippen molar-refractivity contribution >= 4 is 38.6 Å². The van der Waals surface area contributed by atoms with Gasteiger partial charge in [-0.3, -0.25) is 14.5 Å². The lowest BCUT2D eigenvalue weighted by atomic mass is 9.85. The minimum Gasteiger partial charge on any atom is -0.356 e. The summed E-state index contributed by atoms with van der Waals surface area (Å²) in [5.74, 6) is 0.118. The van der Waals surface area contributed by atoms with Gasteiger partial charge in [0.2, 0.25) is 11.8 Å². The fraction of sp³-hybridized carbons (Fsp3) is 0.312. The number of piperazine rings is 1. The van der Waals surface area contributed by atoms with Crippen LogP contribution in [0.3, 0.4) is 0 Å². The molecule has 7 heteroatoms. The third kappa shape index (κ3) is 4.38. The minimum absolute atomic E-state index is 0.0283. The van der Waals surface area contributed by atoms with Crippen LogP contribution in [0.2, 0.25) is 0 Å². The first-order chi connectivity index (χ1) is 19.1. The lowest BCUT2D eigenvalue weighted by molar-refractivity contribution is -0.161. The third-order valence-corrected chi connectivity index (χ3v) is 9.20. The number of fused-ring (bicyclic) bond motifs is 4. The number of likely N-dealkylation sites (tertiary alicyclic amines) is 1. The summed E-state index contributed by atoms with van der Waals surface area (Å²) in [5.41, 5.74) is 5.54. The molecule has 7 rings (SSSR count). The molecule has 198 valence electrons. The van der Waals surface area contributed by atoms with Gasteiger partial charge in [0, 0.05) is 53.2 Å². The van der Waals surface area contributed by atoms with Crippen LogP contribution in [0.4, 0.5) is 0 Å². The van der Waals surface area contributed by atoms with E-state index in [1.807, 2.05) is 40.1 Å². The lowest BCUT2D eigenvalue weighted by Crippen LogP contribution is -2.65. The van der Waals surface area contributed by atoms with Gasteiger partial charge in [0.05, 0.1) is 6.04 Å². The lowest BCUT2D eigenvalue weighted by Gasteiger charge is -2.49. The molecule has 4 aromatic rings. The first kappa shape index (κ1) is 24.6. The summed E-state index contributed by atoms with van der Waals surface area (Å²) < 4.78 is 0.958. The number of nitrogens with one attached hydrogen (secondary N) is 1. The number of aromatic nitrogens is 1. The smallest absolute Gasteiger partial charge is 0.246 e. The Balaban J connectivity index is 1.18. The molecule has 0 spiro atoms. The van der Waals surface area contributed by atoms with E-state index in [9.17, 15) is 9.59 Å². The van der Waals surface area contributed by atoms with Crippen molar-refractivity contribution in [3.63, 3.8) is 0 Å². The number of aromatic amines is 1. The van der Waals surface area contributed by atoms with Crippen molar-refractivity contribution in [3.8, 4) is 0 Å². The predicted octanol–water partition coefficient (Wildman–Crippen LogP) is 5.28. The SMILES string of the molecule is O=C1[C@@H]2Cc3c([nH]c4ccccc34)C(c3cccc(Br)c3)N2C(=O)CN1C1CCN(Cc2ccccc2)CC1. The molecule has 39 heavy (non-hydrogen) atoms. The largest absolute Gasteiger partial charge is 0.356 e. The zero-order chi connectivity index (χ0) is 26.5. The van der Waals surface area contributed by atoms with Gasteiger partial charge >= 0.3 is 0 Å². The van der Waals surface area contributed by atoms with E-state index in [1.54, 1.807) is 0 Å². The highest BCUT2D eigenvalue weighted by Crippen LogP contribution is 2.43. The number of hydrogen-bond donors (Lipinski definition) is 1. The van der Waals surface area contributed by atoms with Crippen molar-refractivity contribution in [1.29, 1.82) is 0 Å². The quantitative estimate of drug-likeness (QED) is 0.356. The number of halogens is 1. The summed E-state index contributed by atoms with van der Waals surface area (Å²) in [6, 6.07) is 26.2. The summed E-state index contributed by atoms with van der Waals surface area (Å²) in [5, 5.41) is 1.14. The van der Waals surface area contributed by atoms with Gasteiger partial charge in [-0.1, -0.05) is 76.6 Å². The zero-order valence-electron chi connectivity index (χ0n) is 21.7. The van der Waals surface area contributed by atoms with Crippen LogP contribution < -0.4 is 0 Å². The second kappa shape index (κ2) is 9.96. The van der Waals surface area contributed by atoms with Crippen molar-refractivity contribution in [1.82, 2.24) is 19.7 Å². The second-order valence-electron chi connectivity index (χ2n) is 11.0. The standard InChI is InChI=1S/C32H31BrN4O2/c33-23-10-6-9-22(17-23)31-30-26(25-11-4-5-12-27(25)34-30)18-28-32(39)36(20-29(38)37(28)31)24-13-15-35(16-14-24)19-21-7-2-1-3-8-21/h1-12,17,24,28,31,34H,13-16,18-20H2/t28-,31?/m0/s1. The van der Waals surface area contributed by atoms with Crippen LogP contribution in [0.25, 0.3) is 10.9 Å². The molecule has 1 aromatic heterocycles. The van der Waals surface area contributed by atoms with Crippen LogP contribution in [0.15, 0.2) is 83.3 Å². The summed E-state index contributed by atoms with van der Waals surface area (Å²) >= 11 is 3.61. The number of carbonyl (C=O) groups excluding carboxylic acids is 2. The van der Waals surface area contributed by atoms with Gasteiger partial charge in [0.1, 0.15) is 12.6 Å². The van der Waals surface area contributed by atoms with E-state index in [0.29, 0.717) is 6.42 Å². The molecule has 2 amide bonds. The van der Waals surface area contributed by atoms with Crippen LogP contribution in [-0.2, 0) is 22.6 Å². The molecule has 2 fully saturated rings. The molecular formula is C32H31BrN4O2. The van der Waals surface area contributed by atoms with E-state index in [-0.39, 0.29) is 30.4 Å². The van der Waals surface area contributed by atoms with Crippen LogP contribution in [0.1, 0.15) is 41.3 Å². The number of nitrogens with zero attached hydrogens (tertiary/aromatic N) is 3. The van der Waals surface area contributed by atoms with Crippen LogP contribution in [0.5, 0.6) is 0 Å². The molecular weight excluding hydrogens is 552 g/mol. The Labute approximate surface area is 236 Å². The van der Waals surface area contributed by atoms with Gasteiger partial charge in [0.15, 0.2) is 0 Å². The van der Waals surface area contributed by atoms with Gasteiger partial charge in [-0.05, 0) is 47.7 Å². The predicted molar refractivity (Wildman–Crippen MR) is 155 cm³/mol. The Morgan fingerprint density at radius 2 is 1.67 bits per heavy atom. The van der Waals surface area contributed by atoms with E-state index in [0.717, 1.165) is 64.7 Å². The maximum absolute atomic E-state index is 14.2. The first-order valence-corrected chi connectivity index (χ1v) is 14.6. The fourth-order valence-corrected chi connectivity index (χ4v) is 7.27. The number of rotatable bonds is 4. The van der Waals surface area contributed by atoms with Gasteiger partial charge < -0.3 is 14.8 Å². The first-order valence-electron chi connectivity index (χ1n) is 13.8. The van der Waals surface area contributed by atoms with Crippen molar-refractivity contribution in [2.45, 2.75) is 43.9 Å². The Morgan fingerprint density at radius 1 is 0.897 bits per heavy atom. The molecule has 3 aliphatic heterocycles. The number of carbonyl (C=O) groups is 2. The Kier molecular flexibility index (Phi) is 6.28. The molecule has 3 aliphatic rings. The van der Waals surface area contributed by atoms with Crippen LogP contribution in [0, 0.1) is 0 Å². The normalized spacial score (nSPS) is 22.3. The average molecular weight is 584 g/mol. The number of H-pyrrole nitrogens is 1. The topological polar surface area (TPSA) is 59.7 Å². The Bertz CT molecular complexity index is 1540. The number of piperidine rings is 1.